The zero-order valence-electron chi connectivity index (χ0n) is 13.0. The summed E-state index contributed by atoms with van der Waals surface area (Å²) in [5.41, 5.74) is 1.35. The van der Waals surface area contributed by atoms with Gasteiger partial charge in [0.2, 0.25) is 0 Å². The standard InChI is InChI=1S/C16H27NO2/c1-7-17-12(11-16(2,3)4)15-13(18-5)9-8-10-14(15)19-6/h8-10,12,17H,7,11H2,1-6H3. The molecule has 0 fully saturated rings. The molecule has 1 aromatic carbocycles. The minimum Gasteiger partial charge on any atom is -0.496 e. The van der Waals surface area contributed by atoms with Crippen LogP contribution in [-0.4, -0.2) is 20.8 Å². The SMILES string of the molecule is CCNC(CC(C)(C)C)c1c(OC)cccc1OC. The lowest BCUT2D eigenvalue weighted by Gasteiger charge is -2.29. The maximum absolute atomic E-state index is 5.51. The molecule has 1 unspecified atom stereocenters. The first-order valence-electron chi connectivity index (χ1n) is 6.87. The lowest BCUT2D eigenvalue weighted by Crippen LogP contribution is -2.26. The van der Waals surface area contributed by atoms with Crippen LogP contribution in [0.1, 0.15) is 45.7 Å². The zero-order chi connectivity index (χ0) is 14.5. The molecule has 1 atom stereocenters. The molecule has 0 amide bonds. The normalized spacial score (nSPS) is 13.2. The van der Waals surface area contributed by atoms with Gasteiger partial charge in [-0.15, -0.1) is 0 Å². The van der Waals surface area contributed by atoms with Gasteiger partial charge in [-0.05, 0) is 30.5 Å². The largest absolute Gasteiger partial charge is 0.496 e. The van der Waals surface area contributed by atoms with Gasteiger partial charge in [0.25, 0.3) is 0 Å². The maximum Gasteiger partial charge on any atom is 0.127 e. The second-order valence-corrected chi connectivity index (χ2v) is 5.95. The molecule has 0 radical (unpaired) electrons. The molecule has 0 heterocycles. The Kier molecular flexibility index (Phi) is 5.67. The summed E-state index contributed by atoms with van der Waals surface area (Å²) in [7, 11) is 3.41. The molecule has 3 nitrogen and oxygen atoms in total. The van der Waals surface area contributed by atoms with Crippen molar-refractivity contribution in [3.8, 4) is 11.5 Å². The molecule has 0 aromatic heterocycles. The van der Waals surface area contributed by atoms with Crippen LogP contribution in [0, 0.1) is 5.41 Å². The van der Waals surface area contributed by atoms with Gasteiger partial charge >= 0.3 is 0 Å². The van der Waals surface area contributed by atoms with E-state index in [0.29, 0.717) is 0 Å². The van der Waals surface area contributed by atoms with Gasteiger partial charge in [-0.3, -0.25) is 0 Å². The molecular formula is C16H27NO2. The van der Waals surface area contributed by atoms with Crippen LogP contribution < -0.4 is 14.8 Å². The molecule has 108 valence electrons. The molecule has 0 spiro atoms. The Hall–Kier alpha value is -1.22. The van der Waals surface area contributed by atoms with Crippen LogP contribution in [0.2, 0.25) is 0 Å². The average molecular weight is 265 g/mol. The molecule has 0 bridgehead atoms. The summed E-state index contributed by atoms with van der Waals surface area (Å²) in [5.74, 6) is 1.77. The van der Waals surface area contributed by atoms with E-state index in [1.54, 1.807) is 14.2 Å². The summed E-state index contributed by atoms with van der Waals surface area (Å²) in [4.78, 5) is 0. The quantitative estimate of drug-likeness (QED) is 0.849. The van der Waals surface area contributed by atoms with Crippen LogP contribution in [0.15, 0.2) is 18.2 Å². The Morgan fingerprint density at radius 3 is 2.00 bits per heavy atom. The van der Waals surface area contributed by atoms with Crippen molar-refractivity contribution in [1.82, 2.24) is 5.32 Å². The van der Waals surface area contributed by atoms with E-state index < -0.39 is 0 Å². The lowest BCUT2D eigenvalue weighted by atomic mass is 9.85. The third-order valence-corrected chi connectivity index (χ3v) is 3.08. The Labute approximate surface area is 117 Å². The van der Waals surface area contributed by atoms with Crippen molar-refractivity contribution >= 4 is 0 Å². The highest BCUT2D eigenvalue weighted by molar-refractivity contribution is 5.47. The minimum absolute atomic E-state index is 0.232. The fourth-order valence-electron chi connectivity index (χ4n) is 2.36. The van der Waals surface area contributed by atoms with E-state index in [9.17, 15) is 0 Å². The van der Waals surface area contributed by atoms with Crippen molar-refractivity contribution < 1.29 is 9.47 Å². The van der Waals surface area contributed by atoms with E-state index in [2.05, 4.69) is 33.0 Å². The van der Waals surface area contributed by atoms with Crippen molar-refractivity contribution in [3.05, 3.63) is 23.8 Å². The second-order valence-electron chi connectivity index (χ2n) is 5.95. The van der Waals surface area contributed by atoms with Crippen molar-refractivity contribution in [2.24, 2.45) is 5.41 Å². The smallest absolute Gasteiger partial charge is 0.127 e. The van der Waals surface area contributed by atoms with Gasteiger partial charge in [0, 0.05) is 6.04 Å². The van der Waals surface area contributed by atoms with Crippen LogP contribution in [0.5, 0.6) is 11.5 Å². The fraction of sp³-hybridized carbons (Fsp3) is 0.625. The lowest BCUT2D eigenvalue weighted by molar-refractivity contribution is 0.298. The van der Waals surface area contributed by atoms with Gasteiger partial charge in [0.1, 0.15) is 11.5 Å². The fourth-order valence-corrected chi connectivity index (χ4v) is 2.36. The molecular weight excluding hydrogens is 238 g/mol. The van der Waals surface area contributed by atoms with Crippen LogP contribution in [-0.2, 0) is 0 Å². The summed E-state index contributed by atoms with van der Waals surface area (Å²) in [6, 6.07) is 6.17. The first kappa shape index (κ1) is 15.8. The zero-order valence-corrected chi connectivity index (χ0v) is 13.0. The maximum atomic E-state index is 5.51. The first-order valence-corrected chi connectivity index (χ1v) is 6.87. The summed E-state index contributed by atoms with van der Waals surface area (Å²) in [6.45, 7) is 9.79. The van der Waals surface area contributed by atoms with E-state index in [4.69, 9.17) is 9.47 Å². The monoisotopic (exact) mass is 265 g/mol. The van der Waals surface area contributed by atoms with E-state index in [-0.39, 0.29) is 11.5 Å². The molecule has 0 aliphatic carbocycles. The molecule has 19 heavy (non-hydrogen) atoms. The van der Waals surface area contributed by atoms with Gasteiger partial charge in [0.05, 0.1) is 19.8 Å². The predicted octanol–water partition coefficient (Wildman–Crippen LogP) is 3.79. The topological polar surface area (TPSA) is 30.5 Å². The highest BCUT2D eigenvalue weighted by Crippen LogP contribution is 2.39. The van der Waals surface area contributed by atoms with Crippen molar-refractivity contribution in [1.29, 1.82) is 0 Å². The second kappa shape index (κ2) is 6.80. The molecule has 1 rings (SSSR count). The van der Waals surface area contributed by atoms with E-state index in [0.717, 1.165) is 30.0 Å². The summed E-state index contributed by atoms with van der Waals surface area (Å²) >= 11 is 0. The van der Waals surface area contributed by atoms with Crippen LogP contribution in [0.4, 0.5) is 0 Å². The molecule has 0 saturated carbocycles. The Morgan fingerprint density at radius 1 is 1.11 bits per heavy atom. The molecule has 1 N–H and O–H groups in total. The van der Waals surface area contributed by atoms with Gasteiger partial charge in [-0.1, -0.05) is 33.8 Å². The predicted molar refractivity (Wildman–Crippen MR) is 80.0 cm³/mol. The number of nitrogens with one attached hydrogen (secondary N) is 1. The summed E-state index contributed by atoms with van der Waals surface area (Å²) in [6.07, 6.45) is 1.03. The van der Waals surface area contributed by atoms with Crippen molar-refractivity contribution in [2.45, 2.75) is 40.2 Å². The highest BCUT2D eigenvalue weighted by Gasteiger charge is 2.25. The highest BCUT2D eigenvalue weighted by atomic mass is 16.5. The Bertz CT molecular complexity index is 374. The third kappa shape index (κ3) is 4.43. The number of methoxy groups -OCH3 is 2. The summed E-state index contributed by atoms with van der Waals surface area (Å²) < 4.78 is 11.0. The van der Waals surface area contributed by atoms with Gasteiger partial charge in [-0.2, -0.15) is 0 Å². The van der Waals surface area contributed by atoms with E-state index >= 15 is 0 Å². The molecule has 0 saturated heterocycles. The van der Waals surface area contributed by atoms with Crippen LogP contribution in [0.25, 0.3) is 0 Å². The third-order valence-electron chi connectivity index (χ3n) is 3.08. The van der Waals surface area contributed by atoms with Crippen molar-refractivity contribution in [3.63, 3.8) is 0 Å². The minimum atomic E-state index is 0.232. The van der Waals surface area contributed by atoms with Crippen LogP contribution >= 0.6 is 0 Å². The van der Waals surface area contributed by atoms with Crippen molar-refractivity contribution in [2.75, 3.05) is 20.8 Å². The van der Waals surface area contributed by atoms with Crippen LogP contribution in [0.3, 0.4) is 0 Å². The number of rotatable bonds is 6. The Morgan fingerprint density at radius 2 is 1.63 bits per heavy atom. The molecule has 0 aliphatic rings. The number of ether oxygens (including phenoxy) is 2. The number of hydrogen-bond donors (Lipinski definition) is 1. The van der Waals surface area contributed by atoms with Gasteiger partial charge in [0.15, 0.2) is 0 Å². The van der Waals surface area contributed by atoms with E-state index in [1.165, 1.54) is 0 Å². The molecule has 0 aliphatic heterocycles. The average Bonchev–Trinajstić information content (AvgIpc) is 2.35. The Balaban J connectivity index is 3.20. The summed E-state index contributed by atoms with van der Waals surface area (Å²) in [5, 5.41) is 3.54. The molecule has 1 aromatic rings. The first-order chi connectivity index (χ1) is 8.92. The molecule has 3 heteroatoms. The van der Waals surface area contributed by atoms with Gasteiger partial charge in [-0.25, -0.2) is 0 Å². The van der Waals surface area contributed by atoms with E-state index in [1.807, 2.05) is 18.2 Å². The number of hydrogen-bond acceptors (Lipinski definition) is 3. The number of benzene rings is 1. The van der Waals surface area contributed by atoms with Gasteiger partial charge < -0.3 is 14.8 Å².